The third-order valence-electron chi connectivity index (χ3n) is 9.35. The van der Waals surface area contributed by atoms with Crippen molar-refractivity contribution in [3.05, 3.63) is 28.5 Å². The minimum Gasteiger partial charge on any atom is -0.632 e. The Kier molecular flexibility index (Phi) is 4.23. The monoisotopic (exact) mass is 470 g/mol. The van der Waals surface area contributed by atoms with E-state index in [0.717, 1.165) is 24.0 Å². The molecule has 1 amide bonds. The zero-order valence-electron chi connectivity index (χ0n) is 19.2. The molecule has 7 rings (SSSR count). The molecule has 1 N–H and O–H groups in total. The Morgan fingerprint density at radius 1 is 1.26 bits per heavy atom. The van der Waals surface area contributed by atoms with Crippen LogP contribution in [0.3, 0.4) is 0 Å². The maximum atomic E-state index is 14.5. The van der Waals surface area contributed by atoms with Crippen LogP contribution in [0.25, 0.3) is 0 Å². The summed E-state index contributed by atoms with van der Waals surface area (Å²) < 4.78 is 17.7. The fourth-order valence-electron chi connectivity index (χ4n) is 7.68. The number of carbonyl (C=O) groups excluding carboxylic acids is 2. The molecule has 1 unspecified atom stereocenters. The van der Waals surface area contributed by atoms with Crippen LogP contribution in [0.15, 0.2) is 12.1 Å². The van der Waals surface area contributed by atoms with Gasteiger partial charge in [-0.2, -0.15) is 0 Å². The largest absolute Gasteiger partial charge is 0.632 e. The number of likely N-dealkylation sites (tertiary alicyclic amines) is 1. The Morgan fingerprint density at radius 2 is 2.06 bits per heavy atom. The molecular weight excluding hydrogens is 440 g/mol. The molecule has 4 fully saturated rings. The number of hydroxylamine groups is 3. The molecular formula is C25H30N2O7. The molecule has 2 saturated carbocycles. The van der Waals surface area contributed by atoms with Gasteiger partial charge in [-0.1, -0.05) is 6.07 Å². The number of nitrogens with zero attached hydrogens (tertiary/aromatic N) is 2. The van der Waals surface area contributed by atoms with Gasteiger partial charge in [0.05, 0.1) is 31.7 Å². The van der Waals surface area contributed by atoms with Crippen molar-refractivity contribution in [2.45, 2.75) is 61.7 Å². The first-order chi connectivity index (χ1) is 16.4. The van der Waals surface area contributed by atoms with E-state index in [1.807, 2.05) is 6.07 Å². The fourth-order valence-corrected chi connectivity index (χ4v) is 7.68. The molecule has 2 saturated heterocycles. The van der Waals surface area contributed by atoms with Gasteiger partial charge < -0.3 is 34.1 Å². The number of rotatable bonds is 3. The number of quaternary nitrogens is 1. The Morgan fingerprint density at radius 3 is 2.82 bits per heavy atom. The second-order valence-corrected chi connectivity index (χ2v) is 11.0. The first kappa shape index (κ1) is 21.0. The summed E-state index contributed by atoms with van der Waals surface area (Å²) >= 11 is 0. The number of phenols is 1. The first-order valence-corrected chi connectivity index (χ1v) is 12.6. The molecule has 6 aliphatic rings. The Balaban J connectivity index is 1.41. The van der Waals surface area contributed by atoms with Crippen LogP contribution >= 0.6 is 0 Å². The van der Waals surface area contributed by atoms with Crippen LogP contribution in [-0.4, -0.2) is 83.7 Å². The van der Waals surface area contributed by atoms with E-state index in [4.69, 9.17) is 14.2 Å². The molecule has 1 spiro atoms. The van der Waals surface area contributed by atoms with E-state index in [9.17, 15) is 19.9 Å². The highest BCUT2D eigenvalue weighted by molar-refractivity contribution is 5.90. The van der Waals surface area contributed by atoms with E-state index in [-0.39, 0.29) is 22.6 Å². The number of hydrogen-bond donors (Lipinski definition) is 1. The number of Topliss-reactive ketones (excluding diaryl/α,β-unsaturated/α-hetero) is 1. The summed E-state index contributed by atoms with van der Waals surface area (Å²) in [5, 5.41) is 25.2. The summed E-state index contributed by atoms with van der Waals surface area (Å²) in [6, 6.07) is 2.94. The van der Waals surface area contributed by atoms with Gasteiger partial charge in [-0.05, 0) is 24.5 Å². The van der Waals surface area contributed by atoms with E-state index >= 15 is 0 Å². The van der Waals surface area contributed by atoms with Crippen molar-refractivity contribution in [2.24, 2.45) is 5.92 Å². The lowest BCUT2D eigenvalue weighted by molar-refractivity contribution is -0.923. The molecule has 3 aliphatic heterocycles. The predicted octanol–water partition coefficient (Wildman–Crippen LogP) is 2.01. The van der Waals surface area contributed by atoms with Crippen LogP contribution in [-0.2, 0) is 26.1 Å². The highest BCUT2D eigenvalue weighted by Crippen LogP contribution is 2.67. The highest BCUT2D eigenvalue weighted by atomic mass is 16.6. The van der Waals surface area contributed by atoms with Gasteiger partial charge in [0, 0.05) is 50.3 Å². The third-order valence-corrected chi connectivity index (χ3v) is 9.35. The fraction of sp³-hybridized carbons (Fsp3) is 0.680. The van der Waals surface area contributed by atoms with Crippen molar-refractivity contribution in [3.63, 3.8) is 0 Å². The van der Waals surface area contributed by atoms with Crippen molar-refractivity contribution < 1.29 is 33.6 Å². The number of amides is 1. The van der Waals surface area contributed by atoms with E-state index in [1.54, 1.807) is 11.0 Å². The number of ketones is 1. The lowest BCUT2D eigenvalue weighted by Gasteiger charge is -2.67. The van der Waals surface area contributed by atoms with Crippen LogP contribution in [0.2, 0.25) is 0 Å². The van der Waals surface area contributed by atoms with Crippen LogP contribution < -0.4 is 4.74 Å². The lowest BCUT2D eigenvalue weighted by Crippen LogP contribution is -2.81. The second kappa shape index (κ2) is 6.86. The minimum atomic E-state index is -1.15. The molecule has 0 aromatic heterocycles. The maximum absolute atomic E-state index is 14.5. The average molecular weight is 471 g/mol. The Labute approximate surface area is 197 Å². The number of carbonyl (C=O) groups is 2. The van der Waals surface area contributed by atoms with Crippen LogP contribution in [0.4, 0.5) is 4.79 Å². The smallest absolute Gasteiger partial charge is 0.410 e. The van der Waals surface area contributed by atoms with Gasteiger partial charge in [-0.25, -0.2) is 4.79 Å². The minimum absolute atomic E-state index is 0.00592. The number of ether oxygens (including phenoxy) is 3. The van der Waals surface area contributed by atoms with Gasteiger partial charge >= 0.3 is 6.09 Å². The van der Waals surface area contributed by atoms with E-state index in [0.29, 0.717) is 70.3 Å². The van der Waals surface area contributed by atoms with Crippen molar-refractivity contribution in [2.75, 3.05) is 39.4 Å². The van der Waals surface area contributed by atoms with Crippen molar-refractivity contribution in [3.8, 4) is 11.5 Å². The maximum Gasteiger partial charge on any atom is 0.410 e. The van der Waals surface area contributed by atoms with Crippen LogP contribution in [0, 0.1) is 11.1 Å². The number of morpholine rings is 1. The molecule has 9 heteroatoms. The predicted molar refractivity (Wildman–Crippen MR) is 118 cm³/mol. The summed E-state index contributed by atoms with van der Waals surface area (Å²) in [4.78, 5) is 28.4. The topological polar surface area (TPSA) is 108 Å². The molecule has 0 radical (unpaired) electrons. The zero-order chi connectivity index (χ0) is 23.3. The summed E-state index contributed by atoms with van der Waals surface area (Å²) in [5.41, 5.74) is -0.370. The van der Waals surface area contributed by atoms with Gasteiger partial charge in [0.1, 0.15) is 6.04 Å². The van der Waals surface area contributed by atoms with E-state index in [1.165, 1.54) is 0 Å². The number of phenolic OH excluding ortho intramolecular Hbond substituents is 1. The summed E-state index contributed by atoms with van der Waals surface area (Å²) in [6.45, 7) is 2.66. The number of hydrogen-bond acceptors (Lipinski definition) is 7. The van der Waals surface area contributed by atoms with Gasteiger partial charge in [0.2, 0.25) is 0 Å². The van der Waals surface area contributed by atoms with Gasteiger partial charge in [-0.3, -0.25) is 4.79 Å². The van der Waals surface area contributed by atoms with Crippen molar-refractivity contribution in [1.29, 1.82) is 0 Å². The highest BCUT2D eigenvalue weighted by Gasteiger charge is 2.78. The summed E-state index contributed by atoms with van der Waals surface area (Å²) in [7, 11) is 0. The third kappa shape index (κ3) is 2.55. The van der Waals surface area contributed by atoms with E-state index < -0.39 is 29.3 Å². The zero-order valence-corrected chi connectivity index (χ0v) is 19.2. The molecule has 9 nitrogen and oxygen atoms in total. The molecule has 3 aliphatic carbocycles. The molecule has 3 heterocycles. The number of piperidine rings is 1. The van der Waals surface area contributed by atoms with Gasteiger partial charge in [-0.15, -0.1) is 0 Å². The van der Waals surface area contributed by atoms with Crippen LogP contribution in [0.5, 0.6) is 11.5 Å². The van der Waals surface area contributed by atoms with Gasteiger partial charge in [0.25, 0.3) is 0 Å². The second-order valence-electron chi connectivity index (χ2n) is 11.0. The van der Waals surface area contributed by atoms with E-state index in [2.05, 4.69) is 0 Å². The molecule has 182 valence electrons. The van der Waals surface area contributed by atoms with Gasteiger partial charge in [0.15, 0.2) is 29.0 Å². The van der Waals surface area contributed by atoms with Crippen LogP contribution in [0.1, 0.15) is 43.2 Å². The SMILES string of the molecule is O=C1CC[C@@]2(OC(=O)N3CCOCC3)[C@H]3Cc4ccc(O)c5c4[C@@]2(CC[N+]3([O-])CC2CC2)[C@H]1O5. The molecule has 5 atom stereocenters. The quantitative estimate of drug-likeness (QED) is 0.532. The molecule has 2 bridgehead atoms. The summed E-state index contributed by atoms with van der Waals surface area (Å²) in [6.07, 6.45) is 2.19. The number of benzene rings is 1. The molecule has 1 aromatic carbocycles. The normalized spacial score (nSPS) is 39.9. The molecule has 34 heavy (non-hydrogen) atoms. The lowest BCUT2D eigenvalue weighted by atomic mass is 9.48. The van der Waals surface area contributed by atoms with Crippen molar-refractivity contribution >= 4 is 11.9 Å². The van der Waals surface area contributed by atoms with Crippen molar-refractivity contribution in [1.82, 2.24) is 4.90 Å². The average Bonchev–Trinajstić information content (AvgIpc) is 3.56. The Bertz CT molecular complexity index is 1080. The summed E-state index contributed by atoms with van der Waals surface area (Å²) in [5.74, 6) is 0.689. The molecule has 1 aromatic rings. The standard InChI is InChI=1S/C25H30N2O7/c28-17-4-3-16-13-19-25(34-23(30)26-8-11-32-12-9-26)6-5-18(29)22-24(25,20(16)21(17)33-22)7-10-27(19,31)14-15-1-2-15/h3-4,15,19,22,28H,1-2,5-14H2/t19-,22+,24+,25-,27?/m1/s1. The Hall–Kier alpha value is -2.36. The number of aromatic hydroxyl groups is 1. The first-order valence-electron chi connectivity index (χ1n) is 12.6.